The molecule has 19 heavy (non-hydrogen) atoms. The number of halogens is 3. The van der Waals surface area contributed by atoms with Crippen LogP contribution in [0.4, 0.5) is 13.2 Å². The number of rotatable bonds is 2. The molecule has 8 heteroatoms. The first-order chi connectivity index (χ1) is 8.71. The van der Waals surface area contributed by atoms with Gasteiger partial charge in [-0.2, -0.15) is 21.6 Å². The molecule has 0 saturated heterocycles. The number of phenolic OH excluding ortho intramolecular Hbond substituents is 1. The van der Waals surface area contributed by atoms with E-state index in [-0.39, 0.29) is 5.75 Å². The average Bonchev–Trinajstić information content (AvgIpc) is 2.27. The Bertz CT molecular complexity index is 722. The van der Waals surface area contributed by atoms with Crippen molar-refractivity contribution in [1.82, 2.24) is 0 Å². The number of benzene rings is 2. The molecule has 0 bridgehead atoms. The third-order valence-corrected chi connectivity index (χ3v) is 3.30. The van der Waals surface area contributed by atoms with Crippen LogP contribution in [0.3, 0.4) is 0 Å². The summed E-state index contributed by atoms with van der Waals surface area (Å²) in [6.07, 6.45) is 0. The zero-order chi connectivity index (χ0) is 14.3. The Morgan fingerprint density at radius 2 is 1.79 bits per heavy atom. The van der Waals surface area contributed by atoms with Crippen molar-refractivity contribution in [3.05, 3.63) is 36.4 Å². The number of hydrogen-bond acceptors (Lipinski definition) is 4. The van der Waals surface area contributed by atoms with Crippen LogP contribution in [0.1, 0.15) is 0 Å². The van der Waals surface area contributed by atoms with E-state index in [2.05, 4.69) is 4.18 Å². The van der Waals surface area contributed by atoms with Crippen LogP contribution >= 0.6 is 0 Å². The molecule has 0 heterocycles. The molecular weight excluding hydrogens is 285 g/mol. The van der Waals surface area contributed by atoms with Crippen molar-refractivity contribution < 1.29 is 30.9 Å². The summed E-state index contributed by atoms with van der Waals surface area (Å²) in [6, 6.07) is 7.77. The van der Waals surface area contributed by atoms with Crippen LogP contribution in [0.25, 0.3) is 10.8 Å². The van der Waals surface area contributed by atoms with Crippen LogP contribution in [0, 0.1) is 0 Å². The first kappa shape index (κ1) is 13.5. The SMILES string of the molecule is O=S(=O)(Oc1ccc2c(O)cccc2c1)C(F)(F)F. The summed E-state index contributed by atoms with van der Waals surface area (Å²) in [7, 11) is -5.69. The predicted molar refractivity (Wildman–Crippen MR) is 61.2 cm³/mol. The minimum atomic E-state index is -5.69. The van der Waals surface area contributed by atoms with Gasteiger partial charge in [-0.1, -0.05) is 12.1 Å². The molecular formula is C11H7F3O4S. The average molecular weight is 292 g/mol. The van der Waals surface area contributed by atoms with E-state index in [1.165, 1.54) is 24.3 Å². The van der Waals surface area contributed by atoms with Gasteiger partial charge in [-0.15, -0.1) is 0 Å². The Morgan fingerprint density at radius 3 is 2.42 bits per heavy atom. The third kappa shape index (κ3) is 2.58. The highest BCUT2D eigenvalue weighted by atomic mass is 32.2. The lowest BCUT2D eigenvalue weighted by Crippen LogP contribution is -2.28. The first-order valence-electron chi connectivity index (χ1n) is 4.93. The van der Waals surface area contributed by atoms with Crippen LogP contribution in [0.5, 0.6) is 11.5 Å². The van der Waals surface area contributed by atoms with Crippen molar-refractivity contribution in [2.24, 2.45) is 0 Å². The summed E-state index contributed by atoms with van der Waals surface area (Å²) in [5.74, 6) is -0.543. The van der Waals surface area contributed by atoms with Crippen molar-refractivity contribution in [1.29, 1.82) is 0 Å². The number of phenols is 1. The smallest absolute Gasteiger partial charge is 0.507 e. The Hall–Kier alpha value is -1.96. The molecule has 0 aliphatic rings. The molecule has 1 N–H and O–H groups in total. The van der Waals surface area contributed by atoms with E-state index in [9.17, 15) is 26.7 Å². The highest BCUT2D eigenvalue weighted by Gasteiger charge is 2.48. The fourth-order valence-electron chi connectivity index (χ4n) is 1.47. The number of hydrogen-bond donors (Lipinski definition) is 1. The number of alkyl halides is 3. The Morgan fingerprint density at radius 1 is 1.11 bits per heavy atom. The van der Waals surface area contributed by atoms with E-state index in [0.29, 0.717) is 10.8 Å². The molecule has 0 atom stereocenters. The molecule has 0 unspecified atom stereocenters. The van der Waals surface area contributed by atoms with Gasteiger partial charge in [0.2, 0.25) is 0 Å². The molecule has 4 nitrogen and oxygen atoms in total. The van der Waals surface area contributed by atoms with Crippen LogP contribution < -0.4 is 4.18 Å². The lowest BCUT2D eigenvalue weighted by atomic mass is 10.1. The number of fused-ring (bicyclic) bond motifs is 1. The van der Waals surface area contributed by atoms with Gasteiger partial charge in [-0.3, -0.25) is 0 Å². The first-order valence-corrected chi connectivity index (χ1v) is 6.34. The van der Waals surface area contributed by atoms with Gasteiger partial charge in [0.1, 0.15) is 11.5 Å². The fraction of sp³-hybridized carbons (Fsp3) is 0.0909. The summed E-state index contributed by atoms with van der Waals surface area (Å²) in [4.78, 5) is 0. The highest BCUT2D eigenvalue weighted by molar-refractivity contribution is 7.88. The molecule has 0 aromatic heterocycles. The predicted octanol–water partition coefficient (Wildman–Crippen LogP) is 2.77. The van der Waals surface area contributed by atoms with Crippen molar-refractivity contribution in [2.75, 3.05) is 0 Å². The minimum absolute atomic E-state index is 0.0669. The van der Waals surface area contributed by atoms with E-state index in [0.717, 1.165) is 12.1 Å². The van der Waals surface area contributed by atoms with Gasteiger partial charge in [0.15, 0.2) is 0 Å². The second-order valence-corrected chi connectivity index (χ2v) is 5.18. The van der Waals surface area contributed by atoms with Crippen molar-refractivity contribution in [2.45, 2.75) is 5.51 Å². The largest absolute Gasteiger partial charge is 0.534 e. The zero-order valence-electron chi connectivity index (χ0n) is 9.18. The summed E-state index contributed by atoms with van der Waals surface area (Å²) in [6.45, 7) is 0. The monoisotopic (exact) mass is 292 g/mol. The fourth-order valence-corrected chi connectivity index (χ4v) is 1.92. The Balaban J connectivity index is 2.44. The van der Waals surface area contributed by atoms with E-state index in [1.54, 1.807) is 0 Å². The molecule has 2 aromatic carbocycles. The van der Waals surface area contributed by atoms with E-state index in [4.69, 9.17) is 0 Å². The van der Waals surface area contributed by atoms with Gasteiger partial charge in [0, 0.05) is 5.39 Å². The standard InChI is InChI=1S/C11H7F3O4S/c12-11(13,14)19(16,17)18-8-4-5-9-7(6-8)2-1-3-10(9)15/h1-6,15H. The molecule has 0 aliphatic carbocycles. The highest BCUT2D eigenvalue weighted by Crippen LogP contribution is 2.31. The van der Waals surface area contributed by atoms with Gasteiger partial charge in [-0.05, 0) is 29.7 Å². The Kier molecular flexibility index (Phi) is 3.05. The van der Waals surface area contributed by atoms with Gasteiger partial charge in [0.05, 0.1) is 0 Å². The maximum Gasteiger partial charge on any atom is 0.534 e. The van der Waals surface area contributed by atoms with Crippen LogP contribution in [0.15, 0.2) is 36.4 Å². The Labute approximate surface area is 106 Å². The summed E-state index contributed by atoms with van der Waals surface area (Å²) in [5.41, 5.74) is -5.49. The lowest BCUT2D eigenvalue weighted by molar-refractivity contribution is -0.0500. The maximum atomic E-state index is 12.1. The van der Waals surface area contributed by atoms with E-state index >= 15 is 0 Å². The maximum absolute atomic E-state index is 12.1. The molecule has 0 spiro atoms. The van der Waals surface area contributed by atoms with Gasteiger partial charge >= 0.3 is 15.6 Å². The van der Waals surface area contributed by atoms with Crippen LogP contribution in [-0.2, 0) is 10.1 Å². The molecule has 2 aromatic rings. The topological polar surface area (TPSA) is 63.6 Å². The normalized spacial score (nSPS) is 12.6. The second kappa shape index (κ2) is 4.30. The molecule has 2 rings (SSSR count). The lowest BCUT2D eigenvalue weighted by Gasteiger charge is -2.10. The van der Waals surface area contributed by atoms with E-state index < -0.39 is 21.4 Å². The third-order valence-electron chi connectivity index (χ3n) is 2.32. The molecule has 0 aliphatic heterocycles. The summed E-state index contributed by atoms with van der Waals surface area (Å²) in [5, 5.41) is 10.2. The van der Waals surface area contributed by atoms with Crippen LogP contribution in [0.2, 0.25) is 0 Å². The van der Waals surface area contributed by atoms with Crippen molar-refractivity contribution in [3.63, 3.8) is 0 Å². The van der Waals surface area contributed by atoms with Crippen molar-refractivity contribution in [3.8, 4) is 11.5 Å². The minimum Gasteiger partial charge on any atom is -0.507 e. The molecule has 102 valence electrons. The van der Waals surface area contributed by atoms with Crippen LogP contribution in [-0.4, -0.2) is 19.0 Å². The number of aromatic hydroxyl groups is 1. The van der Waals surface area contributed by atoms with E-state index in [1.807, 2.05) is 0 Å². The summed E-state index contributed by atoms with van der Waals surface area (Å²) >= 11 is 0. The van der Waals surface area contributed by atoms with Crippen molar-refractivity contribution >= 4 is 20.9 Å². The zero-order valence-corrected chi connectivity index (χ0v) is 9.99. The quantitative estimate of drug-likeness (QED) is 0.683. The second-order valence-electron chi connectivity index (χ2n) is 3.64. The summed E-state index contributed by atoms with van der Waals surface area (Å²) < 4.78 is 62.1. The molecule has 0 saturated carbocycles. The molecule has 0 amide bonds. The molecule has 0 fully saturated rings. The van der Waals surface area contributed by atoms with Gasteiger partial charge in [-0.25, -0.2) is 0 Å². The van der Waals surface area contributed by atoms with Gasteiger partial charge < -0.3 is 9.29 Å². The molecule has 0 radical (unpaired) electrons. The van der Waals surface area contributed by atoms with Gasteiger partial charge in [0.25, 0.3) is 0 Å².